The predicted molar refractivity (Wildman–Crippen MR) is 178 cm³/mol. The molecule has 2 nitrogen and oxygen atoms in total. The summed E-state index contributed by atoms with van der Waals surface area (Å²) >= 11 is 0. The summed E-state index contributed by atoms with van der Waals surface area (Å²) in [5.74, 6) is 1.96. The van der Waals surface area contributed by atoms with Gasteiger partial charge < -0.3 is 9.64 Å². The van der Waals surface area contributed by atoms with Crippen molar-refractivity contribution in [2.24, 2.45) is 0 Å². The van der Waals surface area contributed by atoms with Crippen LogP contribution in [-0.2, 0) is 21.7 Å². The molecule has 8 rings (SSSR count). The molecule has 0 saturated heterocycles. The third-order valence-electron chi connectivity index (χ3n) is 10.9. The monoisotopic (exact) mass is 551 g/mol. The van der Waals surface area contributed by atoms with Crippen molar-refractivity contribution in [1.82, 2.24) is 0 Å². The molecule has 4 aliphatic rings. The summed E-state index contributed by atoms with van der Waals surface area (Å²) in [7, 11) is 0. The minimum atomic E-state index is 0.121. The summed E-state index contributed by atoms with van der Waals surface area (Å²) in [5, 5.41) is 0. The third kappa shape index (κ3) is 3.40. The summed E-state index contributed by atoms with van der Waals surface area (Å²) in [5.41, 5.74) is 15.6. The second-order valence-electron chi connectivity index (χ2n) is 16.2. The largest absolute Gasteiger partial charge is 0.458 e. The van der Waals surface area contributed by atoms with Gasteiger partial charge in [-0.1, -0.05) is 91.3 Å². The van der Waals surface area contributed by atoms with E-state index in [1.54, 1.807) is 0 Å². The first-order valence-corrected chi connectivity index (χ1v) is 15.7. The summed E-state index contributed by atoms with van der Waals surface area (Å²) in [4.78, 5) is 2.55. The van der Waals surface area contributed by atoms with Crippen molar-refractivity contribution in [3.63, 3.8) is 0 Å². The van der Waals surface area contributed by atoms with E-state index >= 15 is 0 Å². The Morgan fingerprint density at radius 2 is 1.24 bits per heavy atom. The number of benzene rings is 4. The Labute approximate surface area is 252 Å². The molecule has 0 radical (unpaired) electrons. The fourth-order valence-corrected chi connectivity index (χ4v) is 9.66. The molecule has 2 aliphatic carbocycles. The Balaban J connectivity index is 1.45. The molecule has 0 bridgehead atoms. The van der Waals surface area contributed by atoms with Crippen molar-refractivity contribution < 1.29 is 4.74 Å². The Kier molecular flexibility index (Phi) is 4.94. The molecule has 2 aliphatic heterocycles. The highest BCUT2D eigenvalue weighted by Gasteiger charge is 2.48. The molecule has 0 atom stereocenters. The number of fused-ring (bicyclic) bond motifs is 6. The van der Waals surface area contributed by atoms with Crippen LogP contribution in [0.4, 0.5) is 17.1 Å². The van der Waals surface area contributed by atoms with Gasteiger partial charge in [-0.05, 0) is 116 Å². The van der Waals surface area contributed by atoms with Crippen LogP contribution in [0.1, 0.15) is 96.0 Å². The maximum absolute atomic E-state index is 6.65. The molecule has 4 aromatic carbocycles. The fraction of sp³-hybridized carbons (Fsp3) is 0.385. The first-order valence-electron chi connectivity index (χ1n) is 15.7. The Morgan fingerprint density at radius 3 is 1.95 bits per heavy atom. The van der Waals surface area contributed by atoms with Gasteiger partial charge in [0, 0.05) is 17.1 Å². The van der Waals surface area contributed by atoms with Crippen LogP contribution in [0, 0.1) is 6.92 Å². The molecule has 0 N–H and O–H groups in total. The first-order chi connectivity index (χ1) is 19.7. The third-order valence-corrected chi connectivity index (χ3v) is 10.9. The molecule has 0 aromatic heterocycles. The van der Waals surface area contributed by atoms with Crippen LogP contribution in [0.3, 0.4) is 0 Å². The molecule has 0 amide bonds. The maximum Gasteiger partial charge on any atom is 0.256 e. The van der Waals surface area contributed by atoms with Gasteiger partial charge in [-0.3, -0.25) is 0 Å². The number of anilines is 3. The van der Waals surface area contributed by atoms with Crippen LogP contribution < -0.4 is 26.0 Å². The van der Waals surface area contributed by atoms with Crippen molar-refractivity contribution in [3.8, 4) is 11.5 Å². The van der Waals surface area contributed by atoms with Gasteiger partial charge in [-0.25, -0.2) is 0 Å². The zero-order chi connectivity index (χ0) is 29.6. The van der Waals surface area contributed by atoms with Crippen LogP contribution in [0.15, 0.2) is 66.7 Å². The van der Waals surface area contributed by atoms with E-state index in [-0.39, 0.29) is 28.4 Å². The van der Waals surface area contributed by atoms with E-state index in [2.05, 4.69) is 134 Å². The number of hydrogen-bond donors (Lipinski definition) is 0. The van der Waals surface area contributed by atoms with Crippen molar-refractivity contribution in [2.45, 2.75) is 96.8 Å². The lowest BCUT2D eigenvalue weighted by Gasteiger charge is -2.41. The standard InChI is InChI=1S/C39H42BNO/c1-23-13-16-33-30(17-23)40-29-19-27-28(39(8,9)22-38(27,6)7)20-32(29)41(31-11-10-12-34(42-33)35(31)40)24-14-15-25-26(18-24)37(4,5)21-36(25,2)3/h10-20H,21-22H2,1-9H3. The number of aryl methyl sites for hydroxylation is 1. The highest BCUT2D eigenvalue weighted by atomic mass is 16.5. The second-order valence-corrected chi connectivity index (χ2v) is 16.2. The van der Waals surface area contributed by atoms with E-state index in [1.165, 1.54) is 67.7 Å². The highest BCUT2D eigenvalue weighted by molar-refractivity contribution is 6.99. The van der Waals surface area contributed by atoms with Crippen LogP contribution in [0.5, 0.6) is 11.5 Å². The van der Waals surface area contributed by atoms with Crippen LogP contribution >= 0.6 is 0 Å². The number of ether oxygens (including phenoxy) is 1. The van der Waals surface area contributed by atoms with Gasteiger partial charge in [-0.15, -0.1) is 0 Å². The average molecular weight is 552 g/mol. The fourth-order valence-electron chi connectivity index (χ4n) is 9.66. The maximum atomic E-state index is 6.65. The molecule has 4 aromatic rings. The topological polar surface area (TPSA) is 12.5 Å². The number of rotatable bonds is 1. The summed E-state index contributed by atoms with van der Waals surface area (Å²) in [6, 6.07) is 25.7. The van der Waals surface area contributed by atoms with E-state index < -0.39 is 0 Å². The first kappa shape index (κ1) is 26.2. The second kappa shape index (κ2) is 7.92. The normalized spacial score (nSPS) is 20.7. The van der Waals surface area contributed by atoms with Gasteiger partial charge >= 0.3 is 0 Å². The Bertz CT molecular complexity index is 1840. The SMILES string of the molecule is Cc1ccc2c(c1)B1c3cc4c(cc3N(c3ccc5c(c3)C(C)(C)CC5(C)C)c3cccc(c31)O2)C(C)(C)CC4(C)C. The van der Waals surface area contributed by atoms with Crippen LogP contribution in [0.25, 0.3) is 0 Å². The lowest BCUT2D eigenvalue weighted by Crippen LogP contribution is -2.59. The molecule has 3 heteroatoms. The Hall–Kier alpha value is -3.46. The molecule has 2 heterocycles. The van der Waals surface area contributed by atoms with Crippen molar-refractivity contribution in [2.75, 3.05) is 4.90 Å². The summed E-state index contributed by atoms with van der Waals surface area (Å²) < 4.78 is 6.65. The van der Waals surface area contributed by atoms with E-state index in [9.17, 15) is 0 Å². The van der Waals surface area contributed by atoms with Gasteiger partial charge in [0.05, 0.1) is 0 Å². The smallest absolute Gasteiger partial charge is 0.256 e. The molecule has 0 spiro atoms. The van der Waals surface area contributed by atoms with Crippen LogP contribution in [-0.4, -0.2) is 6.71 Å². The van der Waals surface area contributed by atoms with E-state index in [0.717, 1.165) is 17.9 Å². The Morgan fingerprint density at radius 1 is 0.595 bits per heavy atom. The lowest BCUT2D eigenvalue weighted by atomic mass is 9.34. The lowest BCUT2D eigenvalue weighted by molar-refractivity contribution is 0.403. The summed E-state index contributed by atoms with van der Waals surface area (Å²) in [6.45, 7) is 21.7. The predicted octanol–water partition coefficient (Wildman–Crippen LogP) is 8.32. The van der Waals surface area contributed by atoms with Gasteiger partial charge in [0.25, 0.3) is 6.71 Å². The van der Waals surface area contributed by atoms with Gasteiger partial charge in [-0.2, -0.15) is 0 Å². The summed E-state index contributed by atoms with van der Waals surface area (Å²) in [6.07, 6.45) is 2.32. The average Bonchev–Trinajstić information content (AvgIpc) is 3.21. The van der Waals surface area contributed by atoms with Gasteiger partial charge in [0.15, 0.2) is 0 Å². The van der Waals surface area contributed by atoms with Gasteiger partial charge in [0.1, 0.15) is 11.5 Å². The highest BCUT2D eigenvalue weighted by Crippen LogP contribution is 2.54. The molecular formula is C39H42BNO. The molecular weight excluding hydrogens is 509 g/mol. The molecule has 0 unspecified atom stereocenters. The number of hydrogen-bond acceptors (Lipinski definition) is 2. The number of nitrogens with zero attached hydrogens (tertiary/aromatic N) is 1. The van der Waals surface area contributed by atoms with Gasteiger partial charge in [0.2, 0.25) is 0 Å². The molecule has 0 saturated carbocycles. The minimum absolute atomic E-state index is 0.121. The van der Waals surface area contributed by atoms with Crippen LogP contribution in [0.2, 0.25) is 0 Å². The van der Waals surface area contributed by atoms with E-state index in [4.69, 9.17) is 4.74 Å². The minimum Gasteiger partial charge on any atom is -0.458 e. The zero-order valence-corrected chi connectivity index (χ0v) is 26.7. The quantitative estimate of drug-likeness (QED) is 0.191. The zero-order valence-electron chi connectivity index (χ0n) is 26.7. The molecule has 42 heavy (non-hydrogen) atoms. The van der Waals surface area contributed by atoms with Crippen molar-refractivity contribution in [3.05, 3.63) is 94.5 Å². The van der Waals surface area contributed by atoms with E-state index in [1.807, 2.05) is 0 Å². The van der Waals surface area contributed by atoms with Crippen molar-refractivity contribution >= 4 is 40.2 Å². The van der Waals surface area contributed by atoms with Crippen molar-refractivity contribution in [1.29, 1.82) is 0 Å². The van der Waals surface area contributed by atoms with E-state index in [0.29, 0.717) is 0 Å². The molecule has 0 fully saturated rings. The molecule has 212 valence electrons.